The molecule has 7 amide bonds. The highest BCUT2D eigenvalue weighted by Gasteiger charge is 2.46. The Kier molecular flexibility index (Phi) is 13.0. The van der Waals surface area contributed by atoms with Crippen LogP contribution in [0.5, 0.6) is 5.75 Å². The number of carbonyl (C=O) groups excluding carboxylic acids is 7. The maximum absolute atomic E-state index is 13.3. The number of imide groups is 2. The van der Waals surface area contributed by atoms with E-state index in [0.717, 1.165) is 33.4 Å². The van der Waals surface area contributed by atoms with Gasteiger partial charge in [-0.15, -0.1) is 11.8 Å². The Morgan fingerprint density at radius 2 is 1.68 bits per heavy atom. The molecule has 4 aliphatic rings. The van der Waals surface area contributed by atoms with Crippen molar-refractivity contribution in [2.45, 2.75) is 56.2 Å². The SMILES string of the molecule is CS(=O)(=O)N1CCC(C(=O)NCC(=O)NC2NC(c3cccc(-c4cccc(CNC(=O)CCCOc5cccc6c5C(=O)N(C5CCC(=O)NC5=O)C6=O)c4)c3)CS2)C1. The highest BCUT2D eigenvalue weighted by atomic mass is 32.2. The first-order valence-corrected chi connectivity index (χ1v) is 22.5. The van der Waals surface area contributed by atoms with Crippen LogP contribution in [0.25, 0.3) is 11.1 Å². The summed E-state index contributed by atoms with van der Waals surface area (Å²) in [6.07, 6.45) is 2.09. The van der Waals surface area contributed by atoms with Gasteiger partial charge in [-0.1, -0.05) is 42.5 Å². The molecule has 3 aromatic rings. The lowest BCUT2D eigenvalue weighted by Crippen LogP contribution is -2.54. The average molecular weight is 860 g/mol. The minimum Gasteiger partial charge on any atom is -0.493 e. The van der Waals surface area contributed by atoms with Crippen molar-refractivity contribution in [2.24, 2.45) is 5.92 Å². The lowest BCUT2D eigenvalue weighted by Gasteiger charge is -2.27. The number of nitrogens with zero attached hydrogens (tertiary/aromatic N) is 2. The molecule has 4 unspecified atom stereocenters. The first-order chi connectivity index (χ1) is 28.7. The number of piperidine rings is 1. The zero-order chi connectivity index (χ0) is 42.6. The molecule has 4 atom stereocenters. The number of thioether (sulfide) groups is 1. The molecule has 0 radical (unpaired) electrons. The van der Waals surface area contributed by atoms with Crippen molar-refractivity contribution in [1.82, 2.24) is 35.8 Å². The highest BCUT2D eigenvalue weighted by Crippen LogP contribution is 2.34. The zero-order valence-corrected chi connectivity index (χ0v) is 34.4. The van der Waals surface area contributed by atoms with E-state index in [1.54, 1.807) is 12.1 Å². The van der Waals surface area contributed by atoms with Crippen LogP contribution in [-0.4, -0.2) is 109 Å². The number of hydrogen-bond donors (Lipinski definition) is 5. The molecule has 3 fully saturated rings. The topological polar surface area (TPSA) is 229 Å². The van der Waals surface area contributed by atoms with Crippen molar-refractivity contribution in [3.63, 3.8) is 0 Å². The lowest BCUT2D eigenvalue weighted by molar-refractivity contribution is -0.136. The summed E-state index contributed by atoms with van der Waals surface area (Å²) in [7, 11) is -3.37. The van der Waals surface area contributed by atoms with Crippen LogP contribution < -0.4 is 31.3 Å². The fourth-order valence-electron chi connectivity index (χ4n) is 7.60. The normalized spacial score (nSPS) is 21.7. The van der Waals surface area contributed by atoms with Crippen molar-refractivity contribution < 1.29 is 46.7 Å². The molecule has 3 aromatic carbocycles. The molecule has 0 saturated carbocycles. The second-order valence-corrected chi connectivity index (χ2v) is 18.1. The summed E-state index contributed by atoms with van der Waals surface area (Å²) in [5.41, 5.74) is 3.69. The minimum absolute atomic E-state index is 0.0196. The molecular formula is C41H45N7O10S2. The largest absolute Gasteiger partial charge is 0.493 e. The lowest BCUT2D eigenvalue weighted by atomic mass is 9.98. The van der Waals surface area contributed by atoms with Crippen LogP contribution in [-0.2, 0) is 40.5 Å². The van der Waals surface area contributed by atoms with E-state index in [4.69, 9.17) is 4.74 Å². The maximum Gasteiger partial charge on any atom is 0.266 e. The van der Waals surface area contributed by atoms with Crippen LogP contribution in [0.4, 0.5) is 0 Å². The molecule has 316 valence electrons. The number of sulfonamides is 1. The Bertz CT molecular complexity index is 2340. The van der Waals surface area contributed by atoms with E-state index in [1.165, 1.54) is 22.1 Å². The third-order valence-corrected chi connectivity index (χ3v) is 13.1. The molecule has 4 heterocycles. The highest BCUT2D eigenvalue weighted by molar-refractivity contribution is 8.00. The summed E-state index contributed by atoms with van der Waals surface area (Å²) in [6.45, 7) is 0.588. The Labute approximate surface area is 350 Å². The summed E-state index contributed by atoms with van der Waals surface area (Å²) in [5.74, 6) is -2.92. The van der Waals surface area contributed by atoms with E-state index < -0.39 is 45.6 Å². The van der Waals surface area contributed by atoms with Crippen molar-refractivity contribution in [3.8, 4) is 16.9 Å². The monoisotopic (exact) mass is 859 g/mol. The molecule has 7 rings (SSSR count). The Morgan fingerprint density at radius 1 is 0.917 bits per heavy atom. The second-order valence-electron chi connectivity index (χ2n) is 15.0. The van der Waals surface area contributed by atoms with Crippen LogP contribution in [0, 0.1) is 5.92 Å². The van der Waals surface area contributed by atoms with Crippen molar-refractivity contribution in [2.75, 3.05) is 38.2 Å². The minimum atomic E-state index is -3.37. The zero-order valence-electron chi connectivity index (χ0n) is 32.7. The van der Waals surface area contributed by atoms with Crippen LogP contribution in [0.2, 0.25) is 0 Å². The van der Waals surface area contributed by atoms with Gasteiger partial charge in [-0.3, -0.25) is 49.1 Å². The molecule has 0 bridgehead atoms. The number of hydrogen-bond acceptors (Lipinski definition) is 12. The fourth-order valence-corrected chi connectivity index (χ4v) is 9.64. The molecule has 0 aliphatic carbocycles. The molecule has 19 heteroatoms. The third-order valence-electron chi connectivity index (χ3n) is 10.8. The summed E-state index contributed by atoms with van der Waals surface area (Å²) in [6, 6.07) is 19.4. The summed E-state index contributed by atoms with van der Waals surface area (Å²) >= 11 is 1.54. The predicted molar refractivity (Wildman–Crippen MR) is 219 cm³/mol. The van der Waals surface area contributed by atoms with E-state index in [1.807, 2.05) is 42.5 Å². The smallest absolute Gasteiger partial charge is 0.266 e. The molecule has 0 aromatic heterocycles. The van der Waals surface area contributed by atoms with Crippen molar-refractivity contribution >= 4 is 63.1 Å². The van der Waals surface area contributed by atoms with Crippen LogP contribution in [0.15, 0.2) is 66.7 Å². The van der Waals surface area contributed by atoms with Gasteiger partial charge in [0.15, 0.2) is 0 Å². The van der Waals surface area contributed by atoms with Gasteiger partial charge in [-0.2, -0.15) is 0 Å². The predicted octanol–water partition coefficient (Wildman–Crippen LogP) is 1.41. The van der Waals surface area contributed by atoms with Gasteiger partial charge in [0.25, 0.3) is 11.8 Å². The van der Waals surface area contributed by atoms with E-state index in [0.29, 0.717) is 25.1 Å². The molecule has 3 saturated heterocycles. The molecule has 17 nitrogen and oxygen atoms in total. The van der Waals surface area contributed by atoms with Crippen LogP contribution >= 0.6 is 11.8 Å². The van der Waals surface area contributed by atoms with Gasteiger partial charge >= 0.3 is 0 Å². The molecule has 60 heavy (non-hydrogen) atoms. The average Bonchev–Trinajstić information content (AvgIpc) is 3.98. The number of benzene rings is 3. The maximum atomic E-state index is 13.3. The van der Waals surface area contributed by atoms with Crippen molar-refractivity contribution in [1.29, 1.82) is 0 Å². The Balaban J connectivity index is 0.843. The number of amides is 7. The number of ether oxygens (including phenoxy) is 1. The van der Waals surface area contributed by atoms with Crippen LogP contribution in [0.1, 0.15) is 70.0 Å². The van der Waals surface area contributed by atoms with Gasteiger partial charge in [0, 0.05) is 44.3 Å². The standard InChI is InChI=1S/C41H45N7O10S2/c1-60(56,57)47-16-15-28(22-47)37(52)43-21-35(51)46-41-44-30(23-59-41)27-9-3-8-26(19-27)25-7-2-6-24(18-25)20-42-33(49)12-5-17-58-32-11-4-10-29-36(32)40(55)48(39(29)54)31-13-14-34(50)45-38(31)53/h2-4,6-11,18-19,28,30-31,41,44H,5,12-17,20-23H2,1H3,(H,42,49)(H,43,52)(H,46,51)(H,45,50,53). The summed E-state index contributed by atoms with van der Waals surface area (Å²) in [5, 5.41) is 14.1. The summed E-state index contributed by atoms with van der Waals surface area (Å²) < 4.78 is 30.6. The first kappa shape index (κ1) is 42.5. The van der Waals surface area contributed by atoms with Gasteiger partial charge in [0.05, 0.1) is 36.5 Å². The van der Waals surface area contributed by atoms with Gasteiger partial charge in [0.1, 0.15) is 17.3 Å². The molecular weight excluding hydrogens is 815 g/mol. The number of carbonyl (C=O) groups is 7. The van der Waals surface area contributed by atoms with Gasteiger partial charge in [0.2, 0.25) is 39.6 Å². The third kappa shape index (κ3) is 9.86. The van der Waals surface area contributed by atoms with Gasteiger partial charge in [-0.05, 0) is 65.8 Å². The van der Waals surface area contributed by atoms with Gasteiger partial charge < -0.3 is 20.7 Å². The van der Waals surface area contributed by atoms with Crippen molar-refractivity contribution in [3.05, 3.63) is 89.0 Å². The van der Waals surface area contributed by atoms with E-state index >= 15 is 0 Å². The van der Waals surface area contributed by atoms with E-state index in [9.17, 15) is 42.0 Å². The molecule has 0 spiro atoms. The van der Waals surface area contributed by atoms with Gasteiger partial charge in [-0.25, -0.2) is 12.7 Å². The first-order valence-electron chi connectivity index (χ1n) is 19.6. The van der Waals surface area contributed by atoms with E-state index in [2.05, 4.69) is 32.7 Å². The van der Waals surface area contributed by atoms with Crippen LogP contribution in [0.3, 0.4) is 0 Å². The molecule has 4 aliphatic heterocycles. The molecule has 5 N–H and O–H groups in total. The number of rotatable bonds is 15. The fraction of sp³-hybridized carbons (Fsp3) is 0.390. The quantitative estimate of drug-likeness (QED) is 0.108. The Morgan fingerprint density at radius 3 is 2.45 bits per heavy atom. The van der Waals surface area contributed by atoms with E-state index in [-0.39, 0.29) is 91.6 Å². The summed E-state index contributed by atoms with van der Waals surface area (Å²) in [4.78, 5) is 89.2. The number of nitrogens with one attached hydrogen (secondary N) is 5. The number of fused-ring (bicyclic) bond motifs is 1. The second kappa shape index (κ2) is 18.3. The Hall–Kier alpha value is -5.63.